The van der Waals surface area contributed by atoms with Crippen molar-refractivity contribution in [3.63, 3.8) is 0 Å². The standard InChI is InChI=1S/C21H15ClN2O2/c22-16-6-2-1-5-15(16)18-17(20(25)23-21(18)26)14-10-12-4-3-8-24-9-7-13(11-14)19(12)24/h1-2,5-7,9-11H,3-4,8H2,(H,23,25,26). The van der Waals surface area contributed by atoms with E-state index in [0.29, 0.717) is 21.7 Å². The number of carbonyl (C=O) groups is 2. The van der Waals surface area contributed by atoms with Gasteiger partial charge in [0.05, 0.1) is 16.7 Å². The molecule has 128 valence electrons. The quantitative estimate of drug-likeness (QED) is 0.705. The number of rotatable bonds is 2. The largest absolute Gasteiger partial charge is 0.347 e. The Morgan fingerprint density at radius 3 is 2.65 bits per heavy atom. The van der Waals surface area contributed by atoms with E-state index in [1.54, 1.807) is 18.2 Å². The molecule has 4 nitrogen and oxygen atoms in total. The van der Waals surface area contributed by atoms with Crippen LogP contribution in [-0.4, -0.2) is 16.4 Å². The van der Waals surface area contributed by atoms with Gasteiger partial charge in [0.2, 0.25) is 0 Å². The zero-order valence-electron chi connectivity index (χ0n) is 13.9. The first-order valence-electron chi connectivity index (χ1n) is 8.60. The third kappa shape index (κ3) is 2.15. The molecule has 0 bridgehead atoms. The van der Waals surface area contributed by atoms with Crippen molar-refractivity contribution in [1.29, 1.82) is 0 Å². The number of hydrogen-bond donors (Lipinski definition) is 1. The van der Waals surface area contributed by atoms with Crippen molar-refractivity contribution in [2.45, 2.75) is 19.4 Å². The predicted molar refractivity (Wildman–Crippen MR) is 102 cm³/mol. The van der Waals surface area contributed by atoms with E-state index in [2.05, 4.69) is 22.1 Å². The SMILES string of the molecule is O=C1NC(=O)C(c2ccccc2Cl)=C1c1cc2c3c(ccn3CCC2)c1. The van der Waals surface area contributed by atoms with E-state index in [4.69, 9.17) is 11.6 Å². The minimum absolute atomic E-state index is 0.349. The molecule has 2 aromatic carbocycles. The summed E-state index contributed by atoms with van der Waals surface area (Å²) < 4.78 is 2.25. The highest BCUT2D eigenvalue weighted by atomic mass is 35.5. The van der Waals surface area contributed by atoms with Crippen molar-refractivity contribution in [2.75, 3.05) is 0 Å². The van der Waals surface area contributed by atoms with Gasteiger partial charge < -0.3 is 4.57 Å². The van der Waals surface area contributed by atoms with Gasteiger partial charge in [0.1, 0.15) is 0 Å². The monoisotopic (exact) mass is 362 g/mol. The molecule has 3 aromatic rings. The van der Waals surface area contributed by atoms with Gasteiger partial charge in [0, 0.05) is 28.7 Å². The van der Waals surface area contributed by atoms with Gasteiger partial charge in [-0.25, -0.2) is 0 Å². The number of aryl methyl sites for hydroxylation is 2. The molecule has 0 radical (unpaired) electrons. The lowest BCUT2D eigenvalue weighted by Crippen LogP contribution is -2.22. The molecule has 2 amide bonds. The maximum absolute atomic E-state index is 12.6. The Labute approximate surface area is 155 Å². The van der Waals surface area contributed by atoms with E-state index >= 15 is 0 Å². The second kappa shape index (κ2) is 5.58. The topological polar surface area (TPSA) is 51.1 Å². The molecule has 5 heteroatoms. The number of halogens is 1. The van der Waals surface area contributed by atoms with Gasteiger partial charge in [0.25, 0.3) is 11.8 Å². The molecule has 2 aliphatic heterocycles. The summed E-state index contributed by atoms with van der Waals surface area (Å²) in [5, 5.41) is 3.98. The van der Waals surface area contributed by atoms with Crippen LogP contribution < -0.4 is 5.32 Å². The molecule has 5 rings (SSSR count). The molecule has 0 saturated heterocycles. The molecule has 3 heterocycles. The molecule has 26 heavy (non-hydrogen) atoms. The van der Waals surface area contributed by atoms with Crippen molar-refractivity contribution >= 4 is 45.5 Å². The molecule has 1 N–H and O–H groups in total. The summed E-state index contributed by atoms with van der Waals surface area (Å²) in [4.78, 5) is 25.1. The Balaban J connectivity index is 1.80. The molecule has 0 spiro atoms. The van der Waals surface area contributed by atoms with Crippen molar-refractivity contribution in [3.05, 3.63) is 70.4 Å². The summed E-state index contributed by atoms with van der Waals surface area (Å²) in [5.74, 6) is -0.767. The number of nitrogens with zero attached hydrogens (tertiary/aromatic N) is 1. The molecular formula is C21H15ClN2O2. The fourth-order valence-electron chi connectivity index (χ4n) is 4.05. The first-order chi connectivity index (χ1) is 12.6. The smallest absolute Gasteiger partial charge is 0.259 e. The zero-order chi connectivity index (χ0) is 17.8. The lowest BCUT2D eigenvalue weighted by atomic mass is 9.92. The first kappa shape index (κ1) is 15.4. The van der Waals surface area contributed by atoms with Gasteiger partial charge in [-0.05, 0) is 48.2 Å². The summed E-state index contributed by atoms with van der Waals surface area (Å²) in [6, 6.07) is 13.2. The van der Waals surface area contributed by atoms with Crippen LogP contribution in [0, 0.1) is 0 Å². The van der Waals surface area contributed by atoms with E-state index in [9.17, 15) is 9.59 Å². The average Bonchev–Trinajstić information content (AvgIpc) is 3.17. The number of hydrogen-bond acceptors (Lipinski definition) is 2. The summed E-state index contributed by atoms with van der Waals surface area (Å²) in [6.07, 6.45) is 4.13. The van der Waals surface area contributed by atoms with Crippen LogP contribution in [0.3, 0.4) is 0 Å². The minimum Gasteiger partial charge on any atom is -0.347 e. The molecule has 0 aliphatic carbocycles. The van der Waals surface area contributed by atoms with Crippen LogP contribution in [0.15, 0.2) is 48.7 Å². The second-order valence-corrected chi connectivity index (χ2v) is 7.11. The van der Waals surface area contributed by atoms with Crippen LogP contribution in [0.2, 0.25) is 5.02 Å². The van der Waals surface area contributed by atoms with E-state index < -0.39 is 5.91 Å². The molecule has 0 saturated carbocycles. The van der Waals surface area contributed by atoms with Gasteiger partial charge in [-0.15, -0.1) is 0 Å². The summed E-state index contributed by atoms with van der Waals surface area (Å²) >= 11 is 6.31. The van der Waals surface area contributed by atoms with E-state index in [1.165, 1.54) is 11.1 Å². The molecule has 2 aliphatic rings. The highest BCUT2D eigenvalue weighted by molar-refractivity contribution is 6.50. The number of carbonyl (C=O) groups excluding carboxylic acids is 2. The average molecular weight is 363 g/mol. The Morgan fingerprint density at radius 2 is 1.81 bits per heavy atom. The summed E-state index contributed by atoms with van der Waals surface area (Å²) in [5.41, 5.74) is 4.54. The van der Waals surface area contributed by atoms with Crippen molar-refractivity contribution in [1.82, 2.24) is 9.88 Å². The molecule has 0 fully saturated rings. The zero-order valence-corrected chi connectivity index (χ0v) is 14.6. The second-order valence-electron chi connectivity index (χ2n) is 6.70. The first-order valence-corrected chi connectivity index (χ1v) is 8.98. The van der Waals surface area contributed by atoms with Gasteiger partial charge in [-0.2, -0.15) is 0 Å². The summed E-state index contributed by atoms with van der Waals surface area (Å²) in [6.45, 7) is 1.02. The van der Waals surface area contributed by atoms with Crippen LogP contribution in [0.25, 0.3) is 22.0 Å². The highest BCUT2D eigenvalue weighted by Gasteiger charge is 2.33. The van der Waals surface area contributed by atoms with Gasteiger partial charge in [-0.3, -0.25) is 14.9 Å². The van der Waals surface area contributed by atoms with E-state index in [0.717, 1.165) is 30.3 Å². The predicted octanol–water partition coefficient (Wildman–Crippen LogP) is 3.81. The lowest BCUT2D eigenvalue weighted by molar-refractivity contribution is -0.122. The van der Waals surface area contributed by atoms with Gasteiger partial charge >= 0.3 is 0 Å². The maximum Gasteiger partial charge on any atom is 0.259 e. The van der Waals surface area contributed by atoms with E-state index in [1.807, 2.05) is 18.2 Å². The van der Waals surface area contributed by atoms with Crippen molar-refractivity contribution < 1.29 is 9.59 Å². The van der Waals surface area contributed by atoms with Gasteiger partial charge in [-0.1, -0.05) is 29.8 Å². The normalized spacial score (nSPS) is 16.5. The number of nitrogens with one attached hydrogen (secondary N) is 1. The number of amides is 2. The summed E-state index contributed by atoms with van der Waals surface area (Å²) in [7, 11) is 0. The van der Waals surface area contributed by atoms with Crippen LogP contribution in [0.5, 0.6) is 0 Å². The Kier molecular flexibility index (Phi) is 3.31. The molecular weight excluding hydrogens is 348 g/mol. The number of imide groups is 1. The third-order valence-electron chi connectivity index (χ3n) is 5.15. The Hall–Kier alpha value is -2.85. The fourth-order valence-corrected chi connectivity index (χ4v) is 4.28. The number of aromatic nitrogens is 1. The van der Waals surface area contributed by atoms with Crippen LogP contribution >= 0.6 is 11.6 Å². The lowest BCUT2D eigenvalue weighted by Gasteiger charge is -2.17. The van der Waals surface area contributed by atoms with Crippen LogP contribution in [0.4, 0.5) is 0 Å². The Morgan fingerprint density at radius 1 is 1.00 bits per heavy atom. The third-order valence-corrected chi connectivity index (χ3v) is 5.48. The van der Waals surface area contributed by atoms with Crippen molar-refractivity contribution in [3.8, 4) is 0 Å². The van der Waals surface area contributed by atoms with Crippen molar-refractivity contribution in [2.24, 2.45) is 0 Å². The van der Waals surface area contributed by atoms with Crippen LogP contribution in [0.1, 0.15) is 23.1 Å². The molecule has 1 aromatic heterocycles. The van der Waals surface area contributed by atoms with Crippen LogP contribution in [-0.2, 0) is 22.6 Å². The Bertz CT molecular complexity index is 1140. The number of benzene rings is 2. The fraction of sp³-hybridized carbons (Fsp3) is 0.143. The molecule has 0 atom stereocenters. The highest BCUT2D eigenvalue weighted by Crippen LogP contribution is 2.37. The van der Waals surface area contributed by atoms with Gasteiger partial charge in [0.15, 0.2) is 0 Å². The molecule has 0 unspecified atom stereocenters. The van der Waals surface area contributed by atoms with E-state index in [-0.39, 0.29) is 5.91 Å². The maximum atomic E-state index is 12.6. The minimum atomic E-state index is -0.399.